The van der Waals surface area contributed by atoms with E-state index in [-0.39, 0.29) is 17.5 Å². The molecule has 1 fully saturated rings. The largest absolute Gasteiger partial charge is 0.338 e. The lowest BCUT2D eigenvalue weighted by molar-refractivity contribution is -0.149. The molecule has 2 rings (SSSR count). The quantitative estimate of drug-likeness (QED) is 0.859. The van der Waals surface area contributed by atoms with Gasteiger partial charge in [-0.25, -0.2) is 0 Å². The fourth-order valence-electron chi connectivity index (χ4n) is 2.51. The Bertz CT molecular complexity index is 446. The van der Waals surface area contributed by atoms with Gasteiger partial charge in [0.15, 0.2) is 0 Å². The number of hydrogen-bond acceptors (Lipinski definition) is 4. The first-order chi connectivity index (χ1) is 8.95. The summed E-state index contributed by atoms with van der Waals surface area (Å²) in [5.74, 6) is 0.0923. The third-order valence-corrected chi connectivity index (χ3v) is 3.87. The maximum Gasteiger partial charge on any atom is 0.241 e. The number of carbonyl (C=O) groups is 1. The average Bonchev–Trinajstić information content (AvgIpc) is 2.37. The Labute approximate surface area is 114 Å². The maximum atomic E-state index is 12.4. The van der Waals surface area contributed by atoms with Crippen LogP contribution in [0.25, 0.3) is 0 Å². The molecule has 1 unspecified atom stereocenters. The zero-order valence-electron chi connectivity index (χ0n) is 11.8. The minimum Gasteiger partial charge on any atom is -0.338 e. The number of carbonyl (C=O) groups excluding carboxylic acids is 1. The van der Waals surface area contributed by atoms with Crippen molar-refractivity contribution in [2.45, 2.75) is 32.0 Å². The summed E-state index contributed by atoms with van der Waals surface area (Å²) in [6.07, 6.45) is 1.77. The van der Waals surface area contributed by atoms with Crippen molar-refractivity contribution in [1.29, 1.82) is 0 Å². The number of aromatic nitrogens is 1. The van der Waals surface area contributed by atoms with Crippen molar-refractivity contribution in [2.24, 2.45) is 5.73 Å². The van der Waals surface area contributed by atoms with Crippen molar-refractivity contribution in [3.63, 3.8) is 0 Å². The number of likely N-dealkylation sites (N-methyl/N-ethyl adjacent to an activating group) is 1. The van der Waals surface area contributed by atoms with E-state index in [4.69, 9.17) is 5.73 Å². The van der Waals surface area contributed by atoms with Gasteiger partial charge in [0, 0.05) is 38.4 Å². The molecular weight excluding hydrogens is 240 g/mol. The van der Waals surface area contributed by atoms with Crippen molar-refractivity contribution in [2.75, 3.05) is 20.1 Å². The van der Waals surface area contributed by atoms with Gasteiger partial charge < -0.3 is 10.6 Å². The van der Waals surface area contributed by atoms with Crippen LogP contribution in [0.15, 0.2) is 24.4 Å². The Balaban J connectivity index is 2.20. The van der Waals surface area contributed by atoms with Crippen LogP contribution in [0.4, 0.5) is 0 Å². The molecule has 1 aliphatic rings. The van der Waals surface area contributed by atoms with Crippen molar-refractivity contribution >= 4 is 5.91 Å². The lowest BCUT2D eigenvalue weighted by Gasteiger charge is -2.48. The molecule has 19 heavy (non-hydrogen) atoms. The highest BCUT2D eigenvalue weighted by Crippen LogP contribution is 2.24. The van der Waals surface area contributed by atoms with Crippen molar-refractivity contribution in [3.8, 4) is 0 Å². The minimum atomic E-state index is -0.250. The zero-order valence-corrected chi connectivity index (χ0v) is 11.8. The number of hydrogen-bond donors (Lipinski definition) is 1. The molecule has 1 atom stereocenters. The van der Waals surface area contributed by atoms with Gasteiger partial charge in [-0.2, -0.15) is 0 Å². The van der Waals surface area contributed by atoms with Gasteiger partial charge in [0.05, 0.1) is 5.69 Å². The molecule has 1 aromatic heterocycles. The summed E-state index contributed by atoms with van der Waals surface area (Å²) in [6, 6.07) is 5.58. The standard InChI is InChI=1S/C14H22N4O/c1-14(2)10-18(9-11-6-4-5-7-16-11)12(8-15)13(19)17(14)3/h4-7,12H,8-10,15H2,1-3H3. The summed E-state index contributed by atoms with van der Waals surface area (Å²) >= 11 is 0. The van der Waals surface area contributed by atoms with Gasteiger partial charge in [0.1, 0.15) is 6.04 Å². The molecule has 1 saturated heterocycles. The van der Waals surface area contributed by atoms with E-state index < -0.39 is 0 Å². The van der Waals surface area contributed by atoms with Crippen molar-refractivity contribution in [1.82, 2.24) is 14.8 Å². The molecule has 0 saturated carbocycles. The number of nitrogens with zero attached hydrogens (tertiary/aromatic N) is 3. The highest BCUT2D eigenvalue weighted by molar-refractivity contribution is 5.83. The van der Waals surface area contributed by atoms with E-state index in [1.165, 1.54) is 0 Å². The van der Waals surface area contributed by atoms with Gasteiger partial charge in [0.2, 0.25) is 5.91 Å². The number of pyridine rings is 1. The van der Waals surface area contributed by atoms with Gasteiger partial charge in [-0.05, 0) is 26.0 Å². The fourth-order valence-corrected chi connectivity index (χ4v) is 2.51. The van der Waals surface area contributed by atoms with Crippen LogP contribution in [-0.2, 0) is 11.3 Å². The third kappa shape index (κ3) is 2.77. The normalized spacial score (nSPS) is 23.7. The average molecular weight is 262 g/mol. The van der Waals surface area contributed by atoms with E-state index in [1.807, 2.05) is 25.2 Å². The van der Waals surface area contributed by atoms with Crippen LogP contribution in [0.3, 0.4) is 0 Å². The molecule has 5 heteroatoms. The second-order valence-corrected chi connectivity index (χ2v) is 5.69. The maximum absolute atomic E-state index is 12.4. The molecular formula is C14H22N4O. The van der Waals surface area contributed by atoms with Crippen LogP contribution in [0.5, 0.6) is 0 Å². The van der Waals surface area contributed by atoms with Gasteiger partial charge >= 0.3 is 0 Å². The summed E-state index contributed by atoms with van der Waals surface area (Å²) < 4.78 is 0. The molecule has 1 aromatic rings. The number of rotatable bonds is 3. The first kappa shape index (κ1) is 14.0. The van der Waals surface area contributed by atoms with Gasteiger partial charge in [-0.15, -0.1) is 0 Å². The molecule has 0 aliphatic carbocycles. The van der Waals surface area contributed by atoms with Gasteiger partial charge in [-0.3, -0.25) is 14.7 Å². The molecule has 0 aromatic carbocycles. The monoisotopic (exact) mass is 262 g/mol. The first-order valence-electron chi connectivity index (χ1n) is 6.57. The summed E-state index contributed by atoms with van der Waals surface area (Å²) in [7, 11) is 1.85. The second kappa shape index (κ2) is 5.27. The van der Waals surface area contributed by atoms with Crippen LogP contribution in [-0.4, -0.2) is 52.4 Å². The van der Waals surface area contributed by atoms with Crippen LogP contribution < -0.4 is 5.73 Å². The van der Waals surface area contributed by atoms with Crippen LogP contribution in [0.1, 0.15) is 19.5 Å². The summed E-state index contributed by atoms with van der Waals surface area (Å²) in [6.45, 7) is 5.94. The van der Waals surface area contributed by atoms with E-state index in [0.717, 1.165) is 12.2 Å². The number of nitrogens with two attached hydrogens (primary N) is 1. The fraction of sp³-hybridized carbons (Fsp3) is 0.571. The van der Waals surface area contributed by atoms with E-state index in [1.54, 1.807) is 11.1 Å². The molecule has 5 nitrogen and oxygen atoms in total. The van der Waals surface area contributed by atoms with Crippen LogP contribution >= 0.6 is 0 Å². The molecule has 0 bridgehead atoms. The molecule has 0 radical (unpaired) electrons. The van der Waals surface area contributed by atoms with E-state index >= 15 is 0 Å². The van der Waals surface area contributed by atoms with E-state index in [2.05, 4.69) is 23.7 Å². The molecule has 104 valence electrons. The Kier molecular flexibility index (Phi) is 3.87. The summed E-state index contributed by atoms with van der Waals surface area (Å²) in [5, 5.41) is 0. The minimum absolute atomic E-state index is 0.0923. The summed E-state index contributed by atoms with van der Waals surface area (Å²) in [5.41, 5.74) is 6.56. The number of piperazine rings is 1. The predicted octanol–water partition coefficient (Wildman–Crippen LogP) is 0.462. The lowest BCUT2D eigenvalue weighted by Crippen LogP contribution is -2.66. The smallest absolute Gasteiger partial charge is 0.241 e. The Hall–Kier alpha value is -1.46. The van der Waals surface area contributed by atoms with Gasteiger partial charge in [0.25, 0.3) is 0 Å². The Morgan fingerprint density at radius 2 is 2.21 bits per heavy atom. The molecule has 1 aliphatic heterocycles. The zero-order chi connectivity index (χ0) is 14.0. The lowest BCUT2D eigenvalue weighted by atomic mass is 9.95. The molecule has 2 N–H and O–H groups in total. The van der Waals surface area contributed by atoms with Crippen LogP contribution in [0.2, 0.25) is 0 Å². The Morgan fingerprint density at radius 3 is 2.79 bits per heavy atom. The summed E-state index contributed by atoms with van der Waals surface area (Å²) in [4.78, 5) is 20.6. The topological polar surface area (TPSA) is 62.5 Å². The van der Waals surface area contributed by atoms with E-state index in [0.29, 0.717) is 13.1 Å². The van der Waals surface area contributed by atoms with Gasteiger partial charge in [-0.1, -0.05) is 6.07 Å². The highest BCUT2D eigenvalue weighted by Gasteiger charge is 2.42. The third-order valence-electron chi connectivity index (χ3n) is 3.87. The van der Waals surface area contributed by atoms with Crippen molar-refractivity contribution in [3.05, 3.63) is 30.1 Å². The Morgan fingerprint density at radius 1 is 1.47 bits per heavy atom. The SMILES string of the molecule is CN1C(=O)C(CN)N(Cc2ccccn2)CC1(C)C. The van der Waals surface area contributed by atoms with E-state index in [9.17, 15) is 4.79 Å². The molecule has 2 heterocycles. The van der Waals surface area contributed by atoms with Crippen LogP contribution in [0, 0.1) is 0 Å². The predicted molar refractivity (Wildman–Crippen MR) is 74.3 cm³/mol. The first-order valence-corrected chi connectivity index (χ1v) is 6.57. The van der Waals surface area contributed by atoms with Crippen molar-refractivity contribution < 1.29 is 4.79 Å². The molecule has 1 amide bonds. The molecule has 0 spiro atoms. The second-order valence-electron chi connectivity index (χ2n) is 5.69. The number of amides is 1. The highest BCUT2D eigenvalue weighted by atomic mass is 16.2.